The molecular weight excluding hydrogens is 757 g/mol. The average molecular weight is 793 g/mol. The van der Waals surface area contributed by atoms with Gasteiger partial charge in [0.2, 0.25) is 16.6 Å². The number of rotatable bonds is 11. The largest absolute Gasteiger partial charge is 0.509 e. The molecule has 7 atom stereocenters. The summed E-state index contributed by atoms with van der Waals surface area (Å²) in [6, 6.07) is 3.15. The van der Waals surface area contributed by atoms with Gasteiger partial charge in [-0.25, -0.2) is 14.0 Å². The second kappa shape index (κ2) is 15.4. The molecule has 5 rings (SSSR count). The maximum absolute atomic E-state index is 14.4. The van der Waals surface area contributed by atoms with E-state index < -0.39 is 106 Å². The number of phenolic OH excluding ortho intramolecular Hbond substituents is 2. The van der Waals surface area contributed by atoms with E-state index >= 15 is 0 Å². The van der Waals surface area contributed by atoms with Crippen molar-refractivity contribution in [3.8, 4) is 17.2 Å². The van der Waals surface area contributed by atoms with Crippen LogP contribution in [-0.4, -0.2) is 100 Å². The molecule has 15 nitrogen and oxygen atoms in total. The van der Waals surface area contributed by atoms with Gasteiger partial charge in [0.25, 0.3) is 0 Å². The van der Waals surface area contributed by atoms with Gasteiger partial charge in [0.15, 0.2) is 18.2 Å². The summed E-state index contributed by atoms with van der Waals surface area (Å²) in [4.78, 5) is 65.7. The fourth-order valence-corrected chi connectivity index (χ4v) is 7.08. The summed E-state index contributed by atoms with van der Waals surface area (Å²) in [6.07, 6.45) is -6.37. The standard InChI is InChI=1S/C35H35BrFNO14/c1-5-10-48-33(44)38-18-12-21(50-15(3)30(18)52-34(45)49-11-6-2)51-20-14-35(46,31(43)32(36)37)13-17-23(20)29(42)25-24(27(17)40)26(39)16-8-7-9-19(47-4)22(16)28(25)41/h5-9,15,18,20-21,30,32,40,42,46H,1-2,10-14H2,3-4H3,(H,38,44)/t15-,18-,20-,21-,30+,32?,35-/m0/s1. The fourth-order valence-electron chi connectivity index (χ4n) is 6.66. The Morgan fingerprint density at radius 3 is 2.42 bits per heavy atom. The van der Waals surface area contributed by atoms with Crippen LogP contribution in [0.5, 0.6) is 17.2 Å². The van der Waals surface area contributed by atoms with Crippen molar-refractivity contribution in [3.05, 3.63) is 76.9 Å². The quantitative estimate of drug-likeness (QED) is 0.0936. The molecule has 52 heavy (non-hydrogen) atoms. The third kappa shape index (κ3) is 7.13. The minimum absolute atomic E-state index is 0.0251. The molecule has 1 fully saturated rings. The first-order valence-electron chi connectivity index (χ1n) is 15.9. The van der Waals surface area contributed by atoms with Crippen LogP contribution < -0.4 is 10.1 Å². The first kappa shape index (κ1) is 38.4. The molecule has 1 unspecified atom stereocenters. The van der Waals surface area contributed by atoms with Gasteiger partial charge in [-0.15, -0.1) is 0 Å². The van der Waals surface area contributed by atoms with Crippen molar-refractivity contribution in [2.45, 2.75) is 67.5 Å². The third-order valence-corrected chi connectivity index (χ3v) is 9.32. The summed E-state index contributed by atoms with van der Waals surface area (Å²) in [5.41, 5.74) is -4.70. The molecule has 0 bridgehead atoms. The number of carbonyl (C=O) groups excluding carboxylic acids is 5. The number of hydrogen-bond acceptors (Lipinski definition) is 14. The van der Waals surface area contributed by atoms with Gasteiger partial charge >= 0.3 is 12.2 Å². The smallest absolute Gasteiger partial charge is 0.507 e. The maximum atomic E-state index is 14.4. The molecule has 1 saturated heterocycles. The number of ether oxygens (including phenoxy) is 6. The van der Waals surface area contributed by atoms with E-state index in [1.807, 2.05) is 0 Å². The van der Waals surface area contributed by atoms with E-state index in [4.69, 9.17) is 28.4 Å². The number of phenols is 2. The number of fused-ring (bicyclic) bond motifs is 3. The van der Waals surface area contributed by atoms with E-state index in [2.05, 4.69) is 34.4 Å². The number of nitrogens with one attached hydrogen (secondary N) is 1. The molecule has 1 heterocycles. The van der Waals surface area contributed by atoms with Crippen LogP contribution in [0.4, 0.5) is 14.0 Å². The molecule has 2 aliphatic carbocycles. The molecule has 0 spiro atoms. The number of amides is 1. The summed E-state index contributed by atoms with van der Waals surface area (Å²) < 4.78 is 47.2. The number of halogens is 2. The maximum Gasteiger partial charge on any atom is 0.509 e. The molecule has 0 saturated carbocycles. The summed E-state index contributed by atoms with van der Waals surface area (Å²) in [5, 5.41) is 35.1. The van der Waals surface area contributed by atoms with Crippen LogP contribution in [0.1, 0.15) is 68.8 Å². The van der Waals surface area contributed by atoms with Gasteiger partial charge in [0, 0.05) is 36.0 Å². The van der Waals surface area contributed by atoms with E-state index in [1.165, 1.54) is 44.4 Å². The van der Waals surface area contributed by atoms with Crippen molar-refractivity contribution in [3.63, 3.8) is 0 Å². The van der Waals surface area contributed by atoms with Gasteiger partial charge in [-0.2, -0.15) is 0 Å². The third-order valence-electron chi connectivity index (χ3n) is 8.91. The van der Waals surface area contributed by atoms with Crippen molar-refractivity contribution in [1.29, 1.82) is 0 Å². The Hall–Kier alpha value is -4.84. The minimum Gasteiger partial charge on any atom is -0.507 e. The van der Waals surface area contributed by atoms with E-state index in [0.29, 0.717) is 0 Å². The van der Waals surface area contributed by atoms with Gasteiger partial charge in [-0.3, -0.25) is 14.4 Å². The second-order valence-corrected chi connectivity index (χ2v) is 13.0. The number of methoxy groups -OCH3 is 1. The molecule has 3 aliphatic rings. The van der Waals surface area contributed by atoms with Gasteiger partial charge in [0.1, 0.15) is 36.1 Å². The Morgan fingerprint density at radius 1 is 1.10 bits per heavy atom. The van der Waals surface area contributed by atoms with Crippen LogP contribution in [0.25, 0.3) is 0 Å². The number of carbonyl (C=O) groups is 5. The number of ketones is 3. The monoisotopic (exact) mass is 791 g/mol. The zero-order chi connectivity index (χ0) is 38.1. The number of alkyl carbamates (subject to hydrolysis) is 1. The molecule has 1 aliphatic heterocycles. The zero-order valence-corrected chi connectivity index (χ0v) is 29.5. The van der Waals surface area contributed by atoms with Crippen LogP contribution in [0, 0.1) is 0 Å². The Bertz CT molecular complexity index is 1830. The van der Waals surface area contributed by atoms with E-state index in [9.17, 15) is 43.7 Å². The van der Waals surface area contributed by atoms with Crippen molar-refractivity contribution in [1.82, 2.24) is 5.32 Å². The van der Waals surface area contributed by atoms with Crippen LogP contribution in [0.3, 0.4) is 0 Å². The predicted octanol–water partition coefficient (Wildman–Crippen LogP) is 4.00. The Labute approximate surface area is 304 Å². The minimum atomic E-state index is -2.57. The number of hydrogen-bond donors (Lipinski definition) is 4. The van der Waals surface area contributed by atoms with Gasteiger partial charge < -0.3 is 49.1 Å². The normalized spacial score (nSPS) is 25.4. The lowest BCUT2D eigenvalue weighted by Gasteiger charge is -2.43. The molecule has 0 aromatic heterocycles. The molecular formula is C35H35BrFNO14. The molecule has 2 aromatic rings. The molecule has 17 heteroatoms. The molecule has 4 N–H and O–H groups in total. The number of aromatic hydroxyl groups is 2. The van der Waals surface area contributed by atoms with Crippen molar-refractivity contribution in [2.75, 3.05) is 20.3 Å². The average Bonchev–Trinajstić information content (AvgIpc) is 3.10. The summed E-state index contributed by atoms with van der Waals surface area (Å²) in [5.74, 6) is -4.70. The first-order valence-corrected chi connectivity index (χ1v) is 16.8. The Morgan fingerprint density at radius 2 is 1.77 bits per heavy atom. The highest BCUT2D eigenvalue weighted by molar-refractivity contribution is 9.09. The second-order valence-electron chi connectivity index (χ2n) is 12.2. The topological polar surface area (TPSA) is 213 Å². The first-order chi connectivity index (χ1) is 24.7. The van der Waals surface area contributed by atoms with Gasteiger partial charge in [-0.1, -0.05) is 37.4 Å². The summed E-state index contributed by atoms with van der Waals surface area (Å²) in [7, 11) is 1.28. The van der Waals surface area contributed by atoms with Crippen molar-refractivity contribution < 1.29 is 72.1 Å². The fraction of sp³-hybridized carbons (Fsp3) is 0.400. The number of Topliss-reactive ketones (excluding diaryl/α,β-unsaturated/α-hetero) is 1. The molecule has 0 radical (unpaired) electrons. The van der Waals surface area contributed by atoms with Crippen LogP contribution in [0.2, 0.25) is 0 Å². The van der Waals surface area contributed by atoms with Gasteiger partial charge in [-0.05, 0) is 28.9 Å². The van der Waals surface area contributed by atoms with E-state index in [-0.39, 0.29) is 47.6 Å². The lowest BCUT2D eigenvalue weighted by Crippen LogP contribution is -2.57. The van der Waals surface area contributed by atoms with Crippen molar-refractivity contribution in [2.24, 2.45) is 0 Å². The Balaban J connectivity index is 1.57. The van der Waals surface area contributed by atoms with Crippen LogP contribution in [0.15, 0.2) is 43.5 Å². The number of aliphatic hydroxyl groups is 1. The highest BCUT2D eigenvalue weighted by Gasteiger charge is 2.52. The highest BCUT2D eigenvalue weighted by atomic mass is 79.9. The zero-order valence-electron chi connectivity index (χ0n) is 27.9. The molecule has 2 aromatic carbocycles. The van der Waals surface area contributed by atoms with Crippen LogP contribution >= 0.6 is 15.9 Å². The summed E-state index contributed by atoms with van der Waals surface area (Å²) in [6.45, 7) is 8.09. The predicted molar refractivity (Wildman–Crippen MR) is 179 cm³/mol. The number of benzene rings is 2. The van der Waals surface area contributed by atoms with E-state index in [0.717, 1.165) is 0 Å². The van der Waals surface area contributed by atoms with E-state index in [1.54, 1.807) is 0 Å². The van der Waals surface area contributed by atoms with Crippen molar-refractivity contribution >= 4 is 45.5 Å². The molecule has 278 valence electrons. The SMILES string of the molecule is C=CCOC(=O)N[C@H]1C[C@H](O[C@H]2C[C@](O)(C(=O)C(F)Br)Cc3c(O)c4c(c(O)c32)C(=O)c2c(OC)cccc2C4=O)O[C@@H](C)[C@H]1OC(=O)OCC=C. The highest BCUT2D eigenvalue weighted by Crippen LogP contribution is 2.53. The Kier molecular flexibility index (Phi) is 11.4. The summed E-state index contributed by atoms with van der Waals surface area (Å²) >= 11 is 2.53. The molecule has 1 amide bonds. The number of alkyl halides is 2. The lowest BCUT2D eigenvalue weighted by molar-refractivity contribution is -0.250. The lowest BCUT2D eigenvalue weighted by atomic mass is 9.72. The van der Waals surface area contributed by atoms with Gasteiger partial charge in [0.05, 0.1) is 42.0 Å². The van der Waals surface area contributed by atoms with Crippen LogP contribution in [-0.2, 0) is 34.9 Å².